The standard InChI is InChI=1S/C15H23N3/c1-4-16-10-9-12(2)11-14-13-7-5-6-8-15(13)18(3)17-14/h5-8,12,16H,4,9-11H2,1-3H3. The van der Waals surface area contributed by atoms with Crippen molar-refractivity contribution < 1.29 is 0 Å². The highest BCUT2D eigenvalue weighted by Crippen LogP contribution is 2.20. The number of aryl methyl sites for hydroxylation is 1. The Morgan fingerprint density at radius 3 is 2.89 bits per heavy atom. The maximum atomic E-state index is 4.65. The first-order chi connectivity index (χ1) is 8.72. The van der Waals surface area contributed by atoms with Gasteiger partial charge in [-0.2, -0.15) is 5.10 Å². The summed E-state index contributed by atoms with van der Waals surface area (Å²) in [6.45, 7) is 6.61. The molecule has 0 fully saturated rings. The van der Waals surface area contributed by atoms with Crippen molar-refractivity contribution in [3.63, 3.8) is 0 Å². The number of aromatic nitrogens is 2. The fourth-order valence-corrected chi connectivity index (χ4v) is 2.40. The number of rotatable bonds is 6. The van der Waals surface area contributed by atoms with Gasteiger partial charge in [0.2, 0.25) is 0 Å². The monoisotopic (exact) mass is 245 g/mol. The fraction of sp³-hybridized carbons (Fsp3) is 0.533. The molecule has 1 aromatic heterocycles. The summed E-state index contributed by atoms with van der Waals surface area (Å²) >= 11 is 0. The zero-order chi connectivity index (χ0) is 13.0. The zero-order valence-electron chi connectivity index (χ0n) is 11.6. The van der Waals surface area contributed by atoms with Gasteiger partial charge in [0.1, 0.15) is 0 Å². The average molecular weight is 245 g/mol. The van der Waals surface area contributed by atoms with Gasteiger partial charge in [0, 0.05) is 12.4 Å². The van der Waals surface area contributed by atoms with E-state index in [-0.39, 0.29) is 0 Å². The van der Waals surface area contributed by atoms with Crippen molar-refractivity contribution >= 4 is 10.9 Å². The van der Waals surface area contributed by atoms with Gasteiger partial charge in [-0.3, -0.25) is 4.68 Å². The predicted octanol–water partition coefficient (Wildman–Crippen LogP) is 2.75. The van der Waals surface area contributed by atoms with Crippen LogP contribution in [0.2, 0.25) is 0 Å². The van der Waals surface area contributed by atoms with Crippen molar-refractivity contribution in [1.82, 2.24) is 15.1 Å². The molecule has 2 rings (SSSR count). The van der Waals surface area contributed by atoms with Gasteiger partial charge in [-0.05, 0) is 37.9 Å². The lowest BCUT2D eigenvalue weighted by molar-refractivity contribution is 0.498. The number of nitrogens with one attached hydrogen (secondary N) is 1. The van der Waals surface area contributed by atoms with Crippen LogP contribution < -0.4 is 5.32 Å². The third kappa shape index (κ3) is 2.91. The summed E-state index contributed by atoms with van der Waals surface area (Å²) < 4.78 is 1.99. The van der Waals surface area contributed by atoms with Crippen LogP contribution in [-0.2, 0) is 13.5 Å². The second-order valence-electron chi connectivity index (χ2n) is 5.04. The number of nitrogens with zero attached hydrogens (tertiary/aromatic N) is 2. The maximum absolute atomic E-state index is 4.65. The Balaban J connectivity index is 2.07. The molecule has 0 amide bonds. The molecule has 0 aliphatic rings. The molecule has 3 heteroatoms. The molecule has 0 spiro atoms. The molecule has 3 nitrogen and oxygen atoms in total. The molecule has 18 heavy (non-hydrogen) atoms. The highest BCUT2D eigenvalue weighted by Gasteiger charge is 2.11. The van der Waals surface area contributed by atoms with Crippen molar-refractivity contribution in [3.05, 3.63) is 30.0 Å². The number of para-hydroxylation sites is 1. The molecule has 0 bridgehead atoms. The normalized spacial score (nSPS) is 13.1. The molecule has 2 aromatic rings. The molecule has 1 aromatic carbocycles. The molecule has 98 valence electrons. The van der Waals surface area contributed by atoms with E-state index < -0.39 is 0 Å². The largest absolute Gasteiger partial charge is 0.317 e. The molecule has 0 radical (unpaired) electrons. The van der Waals surface area contributed by atoms with Gasteiger partial charge < -0.3 is 5.32 Å². The molecule has 0 aliphatic heterocycles. The van der Waals surface area contributed by atoms with E-state index in [0.29, 0.717) is 5.92 Å². The van der Waals surface area contributed by atoms with Crippen molar-refractivity contribution in [2.45, 2.75) is 26.7 Å². The minimum Gasteiger partial charge on any atom is -0.317 e. The number of fused-ring (bicyclic) bond motifs is 1. The molecule has 1 atom stereocenters. The fourth-order valence-electron chi connectivity index (χ4n) is 2.40. The minimum atomic E-state index is 0.669. The molecule has 0 saturated carbocycles. The van der Waals surface area contributed by atoms with Gasteiger partial charge in [0.05, 0.1) is 11.2 Å². The third-order valence-corrected chi connectivity index (χ3v) is 3.44. The summed E-state index contributed by atoms with van der Waals surface area (Å²) in [7, 11) is 2.02. The molecule has 1 N–H and O–H groups in total. The smallest absolute Gasteiger partial charge is 0.0705 e. The van der Waals surface area contributed by atoms with Crippen LogP contribution in [-0.4, -0.2) is 22.9 Å². The molecular weight excluding hydrogens is 222 g/mol. The molecule has 0 saturated heterocycles. The molecule has 1 heterocycles. The van der Waals surface area contributed by atoms with Gasteiger partial charge in [-0.1, -0.05) is 32.0 Å². The van der Waals surface area contributed by atoms with Gasteiger partial charge in [-0.15, -0.1) is 0 Å². The van der Waals surface area contributed by atoms with Crippen LogP contribution in [0, 0.1) is 5.92 Å². The maximum Gasteiger partial charge on any atom is 0.0705 e. The van der Waals surface area contributed by atoms with Crippen molar-refractivity contribution in [1.29, 1.82) is 0 Å². The van der Waals surface area contributed by atoms with Crippen LogP contribution in [0.3, 0.4) is 0 Å². The van der Waals surface area contributed by atoms with Crippen molar-refractivity contribution in [3.8, 4) is 0 Å². The topological polar surface area (TPSA) is 29.9 Å². The SMILES string of the molecule is CCNCCC(C)Cc1nn(C)c2ccccc12. The minimum absolute atomic E-state index is 0.669. The third-order valence-electron chi connectivity index (χ3n) is 3.44. The number of hydrogen-bond donors (Lipinski definition) is 1. The van der Waals surface area contributed by atoms with Crippen LogP contribution >= 0.6 is 0 Å². The van der Waals surface area contributed by atoms with E-state index in [1.807, 2.05) is 11.7 Å². The quantitative estimate of drug-likeness (QED) is 0.793. The first kappa shape index (κ1) is 13.1. The highest BCUT2D eigenvalue weighted by molar-refractivity contribution is 5.81. The van der Waals surface area contributed by atoms with E-state index in [9.17, 15) is 0 Å². The van der Waals surface area contributed by atoms with E-state index in [1.54, 1.807) is 0 Å². The van der Waals surface area contributed by atoms with E-state index in [4.69, 9.17) is 0 Å². The summed E-state index contributed by atoms with van der Waals surface area (Å²) in [5.41, 5.74) is 2.46. The van der Waals surface area contributed by atoms with Crippen LogP contribution in [0.15, 0.2) is 24.3 Å². The predicted molar refractivity (Wildman–Crippen MR) is 76.7 cm³/mol. The van der Waals surface area contributed by atoms with Gasteiger partial charge in [0.25, 0.3) is 0 Å². The van der Waals surface area contributed by atoms with Gasteiger partial charge in [-0.25, -0.2) is 0 Å². The highest BCUT2D eigenvalue weighted by atomic mass is 15.3. The van der Waals surface area contributed by atoms with E-state index in [0.717, 1.165) is 19.5 Å². The van der Waals surface area contributed by atoms with Crippen LogP contribution in [0.4, 0.5) is 0 Å². The second-order valence-corrected chi connectivity index (χ2v) is 5.04. The van der Waals surface area contributed by atoms with E-state index in [1.165, 1.54) is 23.0 Å². The first-order valence-corrected chi connectivity index (χ1v) is 6.83. The summed E-state index contributed by atoms with van der Waals surface area (Å²) in [5.74, 6) is 0.669. The summed E-state index contributed by atoms with van der Waals surface area (Å²) in [5, 5.41) is 9.34. The average Bonchev–Trinajstić information content (AvgIpc) is 2.67. The van der Waals surface area contributed by atoms with Crippen LogP contribution in [0.1, 0.15) is 26.0 Å². The first-order valence-electron chi connectivity index (χ1n) is 6.83. The molecule has 0 aliphatic carbocycles. The van der Waals surface area contributed by atoms with E-state index >= 15 is 0 Å². The molecule has 1 unspecified atom stereocenters. The van der Waals surface area contributed by atoms with Crippen LogP contribution in [0.5, 0.6) is 0 Å². The Morgan fingerprint density at radius 2 is 2.11 bits per heavy atom. The lowest BCUT2D eigenvalue weighted by Crippen LogP contribution is -2.17. The number of hydrogen-bond acceptors (Lipinski definition) is 2. The van der Waals surface area contributed by atoms with Gasteiger partial charge >= 0.3 is 0 Å². The lowest BCUT2D eigenvalue weighted by atomic mass is 10.00. The summed E-state index contributed by atoms with van der Waals surface area (Å²) in [4.78, 5) is 0. The Morgan fingerprint density at radius 1 is 1.33 bits per heavy atom. The molecular formula is C15H23N3. The van der Waals surface area contributed by atoms with Crippen molar-refractivity contribution in [2.75, 3.05) is 13.1 Å². The second kappa shape index (κ2) is 6.01. The zero-order valence-corrected chi connectivity index (χ0v) is 11.6. The Kier molecular flexibility index (Phi) is 4.37. The van der Waals surface area contributed by atoms with E-state index in [2.05, 4.69) is 48.5 Å². The Labute approximate surface area is 109 Å². The summed E-state index contributed by atoms with van der Waals surface area (Å²) in [6.07, 6.45) is 2.27. The number of benzene rings is 1. The van der Waals surface area contributed by atoms with Crippen molar-refractivity contribution in [2.24, 2.45) is 13.0 Å². The lowest BCUT2D eigenvalue weighted by Gasteiger charge is -2.09. The van der Waals surface area contributed by atoms with Gasteiger partial charge in [0.15, 0.2) is 0 Å². The Hall–Kier alpha value is -1.35. The van der Waals surface area contributed by atoms with Crippen LogP contribution in [0.25, 0.3) is 10.9 Å². The summed E-state index contributed by atoms with van der Waals surface area (Å²) in [6, 6.07) is 8.48. The Bertz CT molecular complexity index is 501.